The molecule has 1 fully saturated rings. The van der Waals surface area contributed by atoms with Crippen LogP contribution in [-0.4, -0.2) is 29.0 Å². The van der Waals surface area contributed by atoms with Crippen LogP contribution in [0.2, 0.25) is 0 Å². The second-order valence-corrected chi connectivity index (χ2v) is 9.45. The second kappa shape index (κ2) is 7.09. The van der Waals surface area contributed by atoms with E-state index in [0.717, 1.165) is 5.56 Å². The highest BCUT2D eigenvalue weighted by atomic mass is 32.1. The molecule has 0 spiro atoms. The van der Waals surface area contributed by atoms with Crippen molar-refractivity contribution in [3.63, 3.8) is 0 Å². The molecule has 3 unspecified atom stereocenters. The summed E-state index contributed by atoms with van der Waals surface area (Å²) in [4.78, 5) is 14.6. The van der Waals surface area contributed by atoms with Crippen molar-refractivity contribution in [3.8, 4) is 11.5 Å². The molecule has 0 saturated carbocycles. The molecule has 2 N–H and O–H groups in total. The summed E-state index contributed by atoms with van der Waals surface area (Å²) >= 11 is 5.64. The largest absolute Gasteiger partial charge is 0.504 e. The van der Waals surface area contributed by atoms with Crippen LogP contribution in [0, 0.1) is 11.7 Å². The number of benzene rings is 2. The molecule has 31 heavy (non-hydrogen) atoms. The van der Waals surface area contributed by atoms with E-state index < -0.39 is 29.5 Å². The molecule has 8 heteroatoms. The van der Waals surface area contributed by atoms with Gasteiger partial charge in [-0.25, -0.2) is 4.39 Å². The van der Waals surface area contributed by atoms with Crippen molar-refractivity contribution in [2.75, 3.05) is 12.0 Å². The van der Waals surface area contributed by atoms with Gasteiger partial charge in [0.25, 0.3) is 0 Å². The van der Waals surface area contributed by atoms with Gasteiger partial charge in [-0.2, -0.15) is 0 Å². The quantitative estimate of drug-likeness (QED) is 0.532. The standard InChI is InChI=1S/C23H25FN2O4S/c1-22(2,3)12-10-15-18-17(20(28)29-5)23(4,30-19(15)16(27)11-12)26(21(31)25-18)14-8-6-13(24)7-9-14/h6-11,17-18,27H,1-5H3,(H,25,31). The first-order valence-electron chi connectivity index (χ1n) is 9.98. The number of esters is 1. The van der Waals surface area contributed by atoms with Crippen LogP contribution < -0.4 is 15.0 Å². The molecule has 0 aromatic heterocycles. The minimum Gasteiger partial charge on any atom is -0.504 e. The Bertz CT molecular complexity index is 1070. The topological polar surface area (TPSA) is 71.0 Å². The average Bonchev–Trinajstić information content (AvgIpc) is 2.68. The Morgan fingerprint density at radius 3 is 2.52 bits per heavy atom. The number of hydrogen-bond donors (Lipinski definition) is 2. The SMILES string of the molecule is COC(=O)C1C2NC(=S)N(c3ccc(F)cc3)C1(C)Oc1c(O)cc(C(C)(C)C)cc12. The predicted molar refractivity (Wildman–Crippen MR) is 119 cm³/mol. The number of hydrogen-bond acceptors (Lipinski definition) is 5. The van der Waals surface area contributed by atoms with Crippen LogP contribution in [0.3, 0.4) is 0 Å². The lowest BCUT2D eigenvalue weighted by molar-refractivity contribution is -0.157. The molecule has 6 nitrogen and oxygen atoms in total. The van der Waals surface area contributed by atoms with E-state index in [4.69, 9.17) is 21.7 Å². The molecule has 2 aliphatic rings. The number of rotatable bonds is 2. The van der Waals surface area contributed by atoms with Crippen LogP contribution in [0.25, 0.3) is 0 Å². The van der Waals surface area contributed by atoms with Gasteiger partial charge in [0, 0.05) is 11.3 Å². The fourth-order valence-corrected chi connectivity index (χ4v) is 4.77. The van der Waals surface area contributed by atoms with E-state index in [1.54, 1.807) is 30.0 Å². The third-order valence-electron chi connectivity index (χ3n) is 5.98. The highest BCUT2D eigenvalue weighted by Gasteiger charge is 2.60. The summed E-state index contributed by atoms with van der Waals surface area (Å²) in [5, 5.41) is 14.4. The van der Waals surface area contributed by atoms with Crippen LogP contribution >= 0.6 is 12.2 Å². The number of fused-ring (bicyclic) bond motifs is 4. The van der Waals surface area contributed by atoms with Crippen molar-refractivity contribution >= 4 is 29.0 Å². The van der Waals surface area contributed by atoms with Crippen LogP contribution in [0.4, 0.5) is 10.1 Å². The number of nitrogens with one attached hydrogen (secondary N) is 1. The minimum atomic E-state index is -1.31. The molecule has 2 heterocycles. The Morgan fingerprint density at radius 2 is 1.94 bits per heavy atom. The summed E-state index contributed by atoms with van der Waals surface area (Å²) in [6.45, 7) is 7.83. The smallest absolute Gasteiger partial charge is 0.317 e. The number of methoxy groups -OCH3 is 1. The number of halogens is 1. The molecule has 0 aliphatic carbocycles. The number of anilines is 1. The highest BCUT2D eigenvalue weighted by molar-refractivity contribution is 7.80. The zero-order valence-electron chi connectivity index (χ0n) is 18.0. The van der Waals surface area contributed by atoms with Crippen molar-refractivity contribution in [3.05, 3.63) is 53.3 Å². The Hall–Kier alpha value is -2.87. The first kappa shape index (κ1) is 21.4. The summed E-state index contributed by atoms with van der Waals surface area (Å²) in [6, 6.07) is 8.78. The maximum absolute atomic E-state index is 13.5. The molecule has 0 amide bonds. The first-order valence-corrected chi connectivity index (χ1v) is 10.4. The molecular formula is C23H25FN2O4S. The Morgan fingerprint density at radius 1 is 1.29 bits per heavy atom. The molecule has 0 radical (unpaired) electrons. The van der Waals surface area contributed by atoms with Gasteiger partial charge in [-0.05, 0) is 66.5 Å². The van der Waals surface area contributed by atoms with Gasteiger partial charge in [0.15, 0.2) is 16.6 Å². The zero-order valence-corrected chi connectivity index (χ0v) is 18.8. The molecule has 3 atom stereocenters. The number of carbonyl (C=O) groups is 1. The van der Waals surface area contributed by atoms with Crippen LogP contribution in [0.1, 0.15) is 44.9 Å². The number of carbonyl (C=O) groups excluding carboxylic acids is 1. The molecule has 164 valence electrons. The van der Waals surface area contributed by atoms with Gasteiger partial charge >= 0.3 is 5.97 Å². The van der Waals surface area contributed by atoms with Gasteiger partial charge in [-0.15, -0.1) is 0 Å². The summed E-state index contributed by atoms with van der Waals surface area (Å²) in [7, 11) is 1.32. The van der Waals surface area contributed by atoms with Crippen molar-refractivity contribution in [2.45, 2.75) is 44.9 Å². The minimum absolute atomic E-state index is 0.0179. The van der Waals surface area contributed by atoms with E-state index >= 15 is 0 Å². The number of phenols is 1. The average molecular weight is 445 g/mol. The number of nitrogens with zero attached hydrogens (tertiary/aromatic N) is 1. The molecule has 1 saturated heterocycles. The third-order valence-corrected chi connectivity index (χ3v) is 6.28. The van der Waals surface area contributed by atoms with Crippen LogP contribution in [0.15, 0.2) is 36.4 Å². The monoisotopic (exact) mass is 444 g/mol. The van der Waals surface area contributed by atoms with E-state index in [1.165, 1.54) is 19.2 Å². The predicted octanol–water partition coefficient (Wildman–Crippen LogP) is 4.16. The summed E-state index contributed by atoms with van der Waals surface area (Å²) in [5.41, 5.74) is 0.532. The van der Waals surface area contributed by atoms with E-state index in [0.29, 0.717) is 16.4 Å². The summed E-state index contributed by atoms with van der Waals surface area (Å²) < 4.78 is 25.0. The van der Waals surface area contributed by atoms with Crippen molar-refractivity contribution in [1.29, 1.82) is 0 Å². The Kier molecular flexibility index (Phi) is 4.88. The van der Waals surface area contributed by atoms with Crippen molar-refractivity contribution < 1.29 is 23.8 Å². The molecule has 2 aromatic rings. The van der Waals surface area contributed by atoms with E-state index in [-0.39, 0.29) is 16.9 Å². The lowest BCUT2D eigenvalue weighted by Gasteiger charge is -2.55. The van der Waals surface area contributed by atoms with Gasteiger partial charge in [0.05, 0.1) is 13.2 Å². The van der Waals surface area contributed by atoms with Gasteiger partial charge < -0.3 is 19.9 Å². The zero-order chi connectivity index (χ0) is 22.7. The maximum Gasteiger partial charge on any atom is 0.317 e. The normalized spacial score (nSPS) is 24.7. The van der Waals surface area contributed by atoms with Gasteiger partial charge in [0.1, 0.15) is 11.7 Å². The van der Waals surface area contributed by atoms with Gasteiger partial charge in [0.2, 0.25) is 5.72 Å². The Labute approximate surface area is 186 Å². The molecular weight excluding hydrogens is 419 g/mol. The Balaban J connectivity index is 1.93. The van der Waals surface area contributed by atoms with Gasteiger partial charge in [-0.3, -0.25) is 9.69 Å². The van der Waals surface area contributed by atoms with Crippen molar-refractivity contribution in [1.82, 2.24) is 5.32 Å². The fourth-order valence-electron chi connectivity index (χ4n) is 4.36. The lowest BCUT2D eigenvalue weighted by atomic mass is 9.77. The first-order chi connectivity index (χ1) is 14.5. The molecule has 2 aromatic carbocycles. The fraction of sp³-hybridized carbons (Fsp3) is 0.391. The van der Waals surface area contributed by atoms with Crippen molar-refractivity contribution in [2.24, 2.45) is 5.92 Å². The van der Waals surface area contributed by atoms with Crippen LogP contribution in [-0.2, 0) is 14.9 Å². The number of aromatic hydroxyl groups is 1. The third kappa shape index (κ3) is 3.29. The second-order valence-electron chi connectivity index (χ2n) is 9.06. The van der Waals surface area contributed by atoms with E-state index in [9.17, 15) is 14.3 Å². The number of ether oxygens (including phenoxy) is 2. The lowest BCUT2D eigenvalue weighted by Crippen LogP contribution is -2.71. The number of phenolic OH excluding ortho intramolecular Hbond substituents is 1. The molecule has 2 aliphatic heterocycles. The number of thiocarbonyl (C=S) groups is 1. The molecule has 4 rings (SSSR count). The maximum atomic E-state index is 13.5. The van der Waals surface area contributed by atoms with E-state index in [1.807, 2.05) is 26.8 Å². The summed E-state index contributed by atoms with van der Waals surface area (Å²) in [6.07, 6.45) is 0. The summed E-state index contributed by atoms with van der Waals surface area (Å²) in [5.74, 6) is -1.43. The van der Waals surface area contributed by atoms with E-state index in [2.05, 4.69) is 5.32 Å². The molecule has 2 bridgehead atoms. The highest BCUT2D eigenvalue weighted by Crippen LogP contribution is 2.53. The van der Waals surface area contributed by atoms with Crippen LogP contribution in [0.5, 0.6) is 11.5 Å². The van der Waals surface area contributed by atoms with Gasteiger partial charge in [-0.1, -0.05) is 20.8 Å².